The fourth-order valence-corrected chi connectivity index (χ4v) is 0.617. The second kappa shape index (κ2) is 4.62. The SMILES string of the molecule is CC/C=C/C(C)I. The minimum atomic E-state index is 0.692. The standard InChI is InChI=1S/C6H11I/c1-3-4-5-6(2)7/h4-6H,3H2,1-2H3/b5-4+. The van der Waals surface area contributed by atoms with Crippen LogP contribution in [0.4, 0.5) is 0 Å². The molecule has 0 fully saturated rings. The molecule has 1 atom stereocenters. The molecule has 0 nitrogen and oxygen atoms in total. The van der Waals surface area contributed by atoms with Crippen LogP contribution in [0.25, 0.3) is 0 Å². The van der Waals surface area contributed by atoms with E-state index in [9.17, 15) is 0 Å². The van der Waals surface area contributed by atoms with Crippen molar-refractivity contribution in [1.82, 2.24) is 0 Å². The van der Waals surface area contributed by atoms with Gasteiger partial charge in [-0.3, -0.25) is 0 Å². The molecule has 0 aromatic rings. The molecule has 0 N–H and O–H groups in total. The first-order valence-corrected chi connectivity index (χ1v) is 3.82. The van der Waals surface area contributed by atoms with Gasteiger partial charge in [0.1, 0.15) is 0 Å². The minimum absolute atomic E-state index is 0.692. The minimum Gasteiger partial charge on any atom is -0.0878 e. The monoisotopic (exact) mass is 210 g/mol. The fraction of sp³-hybridized carbons (Fsp3) is 0.667. The van der Waals surface area contributed by atoms with E-state index in [1.165, 1.54) is 0 Å². The first-order valence-electron chi connectivity index (χ1n) is 2.58. The highest BCUT2D eigenvalue weighted by molar-refractivity contribution is 14.1. The Morgan fingerprint density at radius 3 is 2.43 bits per heavy atom. The van der Waals surface area contributed by atoms with E-state index in [0.29, 0.717) is 3.92 Å². The molecule has 0 bridgehead atoms. The summed E-state index contributed by atoms with van der Waals surface area (Å²) in [7, 11) is 0. The molecular weight excluding hydrogens is 199 g/mol. The van der Waals surface area contributed by atoms with Gasteiger partial charge in [-0.2, -0.15) is 0 Å². The maximum Gasteiger partial charge on any atom is 0.0261 e. The number of alkyl halides is 1. The van der Waals surface area contributed by atoms with E-state index in [1.807, 2.05) is 0 Å². The fourth-order valence-electron chi connectivity index (χ4n) is 0.324. The second-order valence-electron chi connectivity index (χ2n) is 1.51. The van der Waals surface area contributed by atoms with Crippen LogP contribution in [0, 0.1) is 0 Å². The van der Waals surface area contributed by atoms with Crippen molar-refractivity contribution in [2.75, 3.05) is 0 Å². The molecule has 0 aliphatic heterocycles. The van der Waals surface area contributed by atoms with Crippen molar-refractivity contribution in [2.24, 2.45) is 0 Å². The van der Waals surface area contributed by atoms with Crippen molar-refractivity contribution in [3.05, 3.63) is 12.2 Å². The van der Waals surface area contributed by atoms with Crippen LogP contribution in [0.1, 0.15) is 20.3 Å². The summed E-state index contributed by atoms with van der Waals surface area (Å²) in [5.74, 6) is 0. The number of rotatable bonds is 2. The highest BCUT2D eigenvalue weighted by Crippen LogP contribution is 1.99. The first kappa shape index (κ1) is 7.47. The van der Waals surface area contributed by atoms with Crippen molar-refractivity contribution in [3.63, 3.8) is 0 Å². The summed E-state index contributed by atoms with van der Waals surface area (Å²) >= 11 is 2.38. The Labute approximate surface area is 59.1 Å². The van der Waals surface area contributed by atoms with Gasteiger partial charge in [0.05, 0.1) is 0 Å². The molecule has 42 valence electrons. The summed E-state index contributed by atoms with van der Waals surface area (Å²) in [6.45, 7) is 4.32. The third-order valence-corrected chi connectivity index (χ3v) is 1.05. The summed E-state index contributed by atoms with van der Waals surface area (Å²) in [6, 6.07) is 0. The van der Waals surface area contributed by atoms with Crippen molar-refractivity contribution < 1.29 is 0 Å². The topological polar surface area (TPSA) is 0 Å². The molecular formula is C6H11I. The van der Waals surface area contributed by atoms with Gasteiger partial charge in [-0.15, -0.1) is 0 Å². The number of halogens is 1. The molecule has 0 aliphatic carbocycles. The predicted molar refractivity (Wildman–Crippen MR) is 42.9 cm³/mol. The Balaban J connectivity index is 3.08. The molecule has 0 aromatic heterocycles. The van der Waals surface area contributed by atoms with Crippen molar-refractivity contribution in [2.45, 2.75) is 24.2 Å². The van der Waals surface area contributed by atoms with Gasteiger partial charge in [0.2, 0.25) is 0 Å². The van der Waals surface area contributed by atoms with Crippen molar-refractivity contribution in [1.29, 1.82) is 0 Å². The molecule has 0 saturated heterocycles. The zero-order valence-electron chi connectivity index (χ0n) is 4.82. The maximum atomic E-state index is 2.38. The van der Waals surface area contributed by atoms with Crippen LogP contribution < -0.4 is 0 Å². The van der Waals surface area contributed by atoms with Gasteiger partial charge >= 0.3 is 0 Å². The van der Waals surface area contributed by atoms with Crippen LogP contribution in [0.5, 0.6) is 0 Å². The molecule has 0 aliphatic rings. The third kappa shape index (κ3) is 6.47. The molecule has 1 unspecified atom stereocenters. The largest absolute Gasteiger partial charge is 0.0878 e. The summed E-state index contributed by atoms with van der Waals surface area (Å²) in [6.07, 6.45) is 5.56. The van der Waals surface area contributed by atoms with E-state index in [2.05, 4.69) is 48.6 Å². The summed E-state index contributed by atoms with van der Waals surface area (Å²) < 4.78 is 0.692. The van der Waals surface area contributed by atoms with Gasteiger partial charge in [-0.05, 0) is 13.3 Å². The van der Waals surface area contributed by atoms with Crippen LogP contribution in [-0.4, -0.2) is 3.92 Å². The molecule has 0 spiro atoms. The molecule has 0 aromatic carbocycles. The van der Waals surface area contributed by atoms with E-state index in [1.54, 1.807) is 0 Å². The molecule has 0 rings (SSSR count). The van der Waals surface area contributed by atoms with E-state index in [4.69, 9.17) is 0 Å². The zero-order chi connectivity index (χ0) is 5.70. The van der Waals surface area contributed by atoms with Crippen LogP contribution >= 0.6 is 22.6 Å². The van der Waals surface area contributed by atoms with E-state index in [-0.39, 0.29) is 0 Å². The van der Waals surface area contributed by atoms with Gasteiger partial charge in [0.15, 0.2) is 0 Å². The van der Waals surface area contributed by atoms with Gasteiger partial charge in [0.25, 0.3) is 0 Å². The Bertz CT molecular complexity index is 55.2. The van der Waals surface area contributed by atoms with Gasteiger partial charge in [-0.25, -0.2) is 0 Å². The highest BCUT2D eigenvalue weighted by atomic mass is 127. The highest BCUT2D eigenvalue weighted by Gasteiger charge is 1.80. The lowest BCUT2D eigenvalue weighted by Gasteiger charge is -1.86. The molecule has 0 radical (unpaired) electrons. The van der Waals surface area contributed by atoms with Gasteiger partial charge in [-0.1, -0.05) is 41.7 Å². The third-order valence-electron chi connectivity index (χ3n) is 0.637. The van der Waals surface area contributed by atoms with E-state index >= 15 is 0 Å². The normalized spacial score (nSPS) is 15.3. The second-order valence-corrected chi connectivity index (χ2v) is 3.48. The lowest BCUT2D eigenvalue weighted by Crippen LogP contribution is -1.77. The summed E-state index contributed by atoms with van der Waals surface area (Å²) in [4.78, 5) is 0. The average molecular weight is 210 g/mol. The predicted octanol–water partition coefficient (Wildman–Crippen LogP) is 2.78. The molecule has 0 amide bonds. The average Bonchev–Trinajstić information content (AvgIpc) is 1.61. The molecule has 7 heavy (non-hydrogen) atoms. The van der Waals surface area contributed by atoms with Crippen LogP contribution in [-0.2, 0) is 0 Å². The van der Waals surface area contributed by atoms with Crippen LogP contribution in [0.15, 0.2) is 12.2 Å². The Kier molecular flexibility index (Phi) is 4.94. The lowest BCUT2D eigenvalue weighted by atomic mass is 10.4. The molecule has 0 saturated carbocycles. The quantitative estimate of drug-likeness (QED) is 0.373. The Hall–Kier alpha value is 0.470. The molecule has 1 heteroatoms. The van der Waals surface area contributed by atoms with Crippen molar-refractivity contribution in [3.8, 4) is 0 Å². The van der Waals surface area contributed by atoms with Gasteiger partial charge in [0, 0.05) is 3.92 Å². The first-order chi connectivity index (χ1) is 3.27. The van der Waals surface area contributed by atoms with Crippen LogP contribution in [0.2, 0.25) is 0 Å². The van der Waals surface area contributed by atoms with Gasteiger partial charge < -0.3 is 0 Å². The Morgan fingerprint density at radius 1 is 1.71 bits per heavy atom. The number of allylic oxidation sites excluding steroid dienone is 2. The van der Waals surface area contributed by atoms with E-state index in [0.717, 1.165) is 6.42 Å². The van der Waals surface area contributed by atoms with E-state index < -0.39 is 0 Å². The number of hydrogen-bond donors (Lipinski definition) is 0. The lowest BCUT2D eigenvalue weighted by molar-refractivity contribution is 1.19. The summed E-state index contributed by atoms with van der Waals surface area (Å²) in [5, 5.41) is 0. The molecule has 0 heterocycles. The Morgan fingerprint density at radius 2 is 2.29 bits per heavy atom. The van der Waals surface area contributed by atoms with Crippen LogP contribution in [0.3, 0.4) is 0 Å². The zero-order valence-corrected chi connectivity index (χ0v) is 6.97. The summed E-state index contributed by atoms with van der Waals surface area (Å²) in [5.41, 5.74) is 0. The maximum absolute atomic E-state index is 2.38. The number of hydrogen-bond acceptors (Lipinski definition) is 0. The smallest absolute Gasteiger partial charge is 0.0261 e. The van der Waals surface area contributed by atoms with Crippen molar-refractivity contribution >= 4 is 22.6 Å².